The fourth-order valence-electron chi connectivity index (χ4n) is 2.68. The van der Waals surface area contributed by atoms with E-state index in [9.17, 15) is 9.59 Å². The Morgan fingerprint density at radius 2 is 1.92 bits per heavy atom. The molecule has 0 aliphatic heterocycles. The van der Waals surface area contributed by atoms with Gasteiger partial charge in [-0.25, -0.2) is 4.68 Å². The zero-order valence-corrected chi connectivity index (χ0v) is 13.8. The van der Waals surface area contributed by atoms with Crippen LogP contribution in [0.15, 0.2) is 36.5 Å². The maximum absolute atomic E-state index is 12.6. The number of aliphatic carboxylic acids is 1. The van der Waals surface area contributed by atoms with Gasteiger partial charge >= 0.3 is 5.97 Å². The Kier molecular flexibility index (Phi) is 4.38. The second-order valence-corrected chi connectivity index (χ2v) is 6.35. The number of hydrogen-bond donors (Lipinski definition) is 2. The van der Waals surface area contributed by atoms with Gasteiger partial charge in [-0.3, -0.25) is 9.59 Å². The molecule has 6 heteroatoms. The summed E-state index contributed by atoms with van der Waals surface area (Å²) in [7, 11) is 0. The van der Waals surface area contributed by atoms with Gasteiger partial charge < -0.3 is 10.4 Å². The second kappa shape index (κ2) is 6.47. The lowest BCUT2D eigenvalue weighted by Crippen LogP contribution is -2.40. The van der Waals surface area contributed by atoms with E-state index in [0.29, 0.717) is 11.5 Å². The van der Waals surface area contributed by atoms with E-state index < -0.39 is 17.9 Å². The van der Waals surface area contributed by atoms with Gasteiger partial charge in [0.2, 0.25) is 0 Å². The minimum atomic E-state index is -0.926. The number of nitrogens with one attached hydrogen (secondary N) is 1. The normalized spacial score (nSPS) is 16.4. The van der Waals surface area contributed by atoms with E-state index in [0.717, 1.165) is 24.2 Å². The standard InChI is InChI=1S/C18H21N3O3/c1-11(18(23)24)12(2)20-17(22)15-10-19-21(16(15)13-8-9-13)14-6-4-3-5-7-14/h3-7,10-13H,8-9H2,1-2H3,(H,20,22)(H,23,24). The summed E-state index contributed by atoms with van der Waals surface area (Å²) in [4.78, 5) is 23.7. The molecule has 1 fully saturated rings. The Labute approximate surface area is 140 Å². The van der Waals surface area contributed by atoms with Crippen LogP contribution in [0, 0.1) is 5.92 Å². The van der Waals surface area contributed by atoms with Crippen molar-refractivity contribution < 1.29 is 14.7 Å². The van der Waals surface area contributed by atoms with E-state index in [1.165, 1.54) is 0 Å². The maximum Gasteiger partial charge on any atom is 0.308 e. The Bertz CT molecular complexity index is 750. The summed E-state index contributed by atoms with van der Waals surface area (Å²) in [5.41, 5.74) is 2.37. The van der Waals surface area contributed by atoms with Crippen molar-refractivity contribution in [3.8, 4) is 5.69 Å². The van der Waals surface area contributed by atoms with Crippen molar-refractivity contribution in [1.82, 2.24) is 15.1 Å². The first kappa shape index (κ1) is 16.2. The zero-order valence-electron chi connectivity index (χ0n) is 13.8. The Morgan fingerprint density at radius 3 is 2.50 bits per heavy atom. The van der Waals surface area contributed by atoms with Crippen LogP contribution in [0.1, 0.15) is 48.7 Å². The largest absolute Gasteiger partial charge is 0.481 e. The lowest BCUT2D eigenvalue weighted by atomic mass is 10.0. The van der Waals surface area contributed by atoms with E-state index in [4.69, 9.17) is 5.11 Å². The van der Waals surface area contributed by atoms with Gasteiger partial charge in [0.15, 0.2) is 0 Å². The first-order chi connectivity index (χ1) is 11.5. The van der Waals surface area contributed by atoms with E-state index in [-0.39, 0.29) is 5.91 Å². The minimum Gasteiger partial charge on any atom is -0.481 e. The van der Waals surface area contributed by atoms with Crippen LogP contribution in [0.4, 0.5) is 0 Å². The number of rotatable bonds is 6. The van der Waals surface area contributed by atoms with Gasteiger partial charge in [-0.1, -0.05) is 18.2 Å². The number of carbonyl (C=O) groups is 2. The molecule has 0 spiro atoms. The van der Waals surface area contributed by atoms with Gasteiger partial charge in [0.25, 0.3) is 5.91 Å². The maximum atomic E-state index is 12.6. The molecule has 1 aromatic heterocycles. The molecule has 2 unspecified atom stereocenters. The highest BCUT2D eigenvalue weighted by Crippen LogP contribution is 2.42. The third-order valence-electron chi connectivity index (χ3n) is 4.51. The van der Waals surface area contributed by atoms with Crippen LogP contribution in [-0.2, 0) is 4.79 Å². The van der Waals surface area contributed by atoms with Gasteiger partial charge in [0.05, 0.1) is 29.1 Å². The molecule has 3 rings (SSSR count). The van der Waals surface area contributed by atoms with E-state index in [2.05, 4.69) is 10.4 Å². The molecule has 1 aliphatic carbocycles. The van der Waals surface area contributed by atoms with E-state index >= 15 is 0 Å². The number of aromatic nitrogens is 2. The molecule has 2 atom stereocenters. The summed E-state index contributed by atoms with van der Waals surface area (Å²) in [6.45, 7) is 3.29. The molecule has 1 amide bonds. The van der Waals surface area contributed by atoms with Crippen molar-refractivity contribution in [1.29, 1.82) is 0 Å². The number of carboxylic acids is 1. The Morgan fingerprint density at radius 1 is 1.25 bits per heavy atom. The molecule has 126 valence electrons. The summed E-state index contributed by atoms with van der Waals surface area (Å²) in [5, 5.41) is 16.3. The first-order valence-electron chi connectivity index (χ1n) is 8.16. The number of carboxylic acid groups (broad SMARTS) is 1. The third-order valence-corrected chi connectivity index (χ3v) is 4.51. The fourth-order valence-corrected chi connectivity index (χ4v) is 2.68. The summed E-state index contributed by atoms with van der Waals surface area (Å²) in [6.07, 6.45) is 3.66. The van der Waals surface area contributed by atoms with Crippen LogP contribution in [0.2, 0.25) is 0 Å². The number of nitrogens with zero attached hydrogens (tertiary/aromatic N) is 2. The van der Waals surface area contributed by atoms with Gasteiger partial charge in [-0.2, -0.15) is 5.10 Å². The molecule has 0 radical (unpaired) electrons. The number of carbonyl (C=O) groups excluding carboxylic acids is 1. The number of benzene rings is 1. The molecule has 1 saturated carbocycles. The number of para-hydroxylation sites is 1. The monoisotopic (exact) mass is 327 g/mol. The Hall–Kier alpha value is -2.63. The van der Waals surface area contributed by atoms with Crippen molar-refractivity contribution in [3.05, 3.63) is 47.8 Å². The zero-order chi connectivity index (χ0) is 17.3. The van der Waals surface area contributed by atoms with Crippen LogP contribution in [0.25, 0.3) is 5.69 Å². The SMILES string of the molecule is CC(NC(=O)c1cnn(-c2ccccc2)c1C1CC1)C(C)C(=O)O. The van der Waals surface area contributed by atoms with Crippen molar-refractivity contribution in [2.75, 3.05) is 0 Å². The van der Waals surface area contributed by atoms with Crippen molar-refractivity contribution in [2.45, 2.75) is 38.6 Å². The molecule has 24 heavy (non-hydrogen) atoms. The van der Waals surface area contributed by atoms with Crippen molar-refractivity contribution >= 4 is 11.9 Å². The molecule has 1 aliphatic rings. The van der Waals surface area contributed by atoms with Crippen LogP contribution in [0.3, 0.4) is 0 Å². The van der Waals surface area contributed by atoms with Gasteiger partial charge in [0.1, 0.15) is 0 Å². The molecule has 1 heterocycles. The van der Waals surface area contributed by atoms with Crippen LogP contribution in [0.5, 0.6) is 0 Å². The molecule has 0 bridgehead atoms. The third kappa shape index (κ3) is 3.18. The highest BCUT2D eigenvalue weighted by atomic mass is 16.4. The summed E-state index contributed by atoms with van der Waals surface area (Å²) in [5.74, 6) is -1.51. The molecular formula is C18H21N3O3. The number of hydrogen-bond acceptors (Lipinski definition) is 3. The highest BCUT2D eigenvalue weighted by molar-refractivity contribution is 5.96. The van der Waals surface area contributed by atoms with E-state index in [1.807, 2.05) is 35.0 Å². The quantitative estimate of drug-likeness (QED) is 0.854. The van der Waals surface area contributed by atoms with Crippen LogP contribution < -0.4 is 5.32 Å². The number of amides is 1. The van der Waals surface area contributed by atoms with Gasteiger partial charge in [0, 0.05) is 12.0 Å². The average molecular weight is 327 g/mol. The van der Waals surface area contributed by atoms with Gasteiger partial charge in [-0.15, -0.1) is 0 Å². The molecular weight excluding hydrogens is 306 g/mol. The first-order valence-corrected chi connectivity index (χ1v) is 8.16. The summed E-state index contributed by atoms with van der Waals surface area (Å²) >= 11 is 0. The van der Waals surface area contributed by atoms with Crippen LogP contribution >= 0.6 is 0 Å². The second-order valence-electron chi connectivity index (χ2n) is 6.35. The Balaban J connectivity index is 1.87. The molecule has 6 nitrogen and oxygen atoms in total. The topological polar surface area (TPSA) is 84.2 Å². The molecule has 2 N–H and O–H groups in total. The van der Waals surface area contributed by atoms with Crippen molar-refractivity contribution in [3.63, 3.8) is 0 Å². The highest BCUT2D eigenvalue weighted by Gasteiger charge is 2.33. The molecule has 0 saturated heterocycles. The fraction of sp³-hybridized carbons (Fsp3) is 0.389. The smallest absolute Gasteiger partial charge is 0.308 e. The molecule has 2 aromatic rings. The minimum absolute atomic E-state index is 0.264. The lowest BCUT2D eigenvalue weighted by molar-refractivity contribution is -0.141. The summed E-state index contributed by atoms with van der Waals surface area (Å²) < 4.78 is 1.82. The predicted molar refractivity (Wildman–Crippen MR) is 89.3 cm³/mol. The lowest BCUT2D eigenvalue weighted by Gasteiger charge is -2.18. The van der Waals surface area contributed by atoms with Crippen molar-refractivity contribution in [2.24, 2.45) is 5.92 Å². The average Bonchev–Trinajstić information content (AvgIpc) is 3.32. The van der Waals surface area contributed by atoms with Crippen LogP contribution in [-0.4, -0.2) is 32.8 Å². The predicted octanol–water partition coefficient (Wildman–Crippen LogP) is 2.59. The van der Waals surface area contributed by atoms with Gasteiger partial charge in [-0.05, 0) is 38.8 Å². The summed E-state index contributed by atoms with van der Waals surface area (Å²) in [6, 6.07) is 9.26. The van der Waals surface area contributed by atoms with E-state index in [1.54, 1.807) is 20.0 Å². The molecule has 1 aromatic carbocycles.